The molecule has 0 radical (unpaired) electrons. The highest BCUT2D eigenvalue weighted by Gasteiger charge is 2.32. The topological polar surface area (TPSA) is 89.9 Å². The largest absolute Gasteiger partial charge is 0.480 e. The van der Waals surface area contributed by atoms with Crippen LogP contribution < -0.4 is 5.32 Å². The summed E-state index contributed by atoms with van der Waals surface area (Å²) in [6, 6.07) is -0.353. The van der Waals surface area contributed by atoms with Crippen molar-refractivity contribution >= 4 is 12.0 Å². The molecule has 1 heterocycles. The van der Waals surface area contributed by atoms with Crippen molar-refractivity contribution in [3.63, 3.8) is 0 Å². The molecule has 1 aliphatic heterocycles. The molecule has 17 heavy (non-hydrogen) atoms. The highest BCUT2D eigenvalue weighted by atomic mass is 16.4. The molecule has 1 aliphatic rings. The van der Waals surface area contributed by atoms with Gasteiger partial charge >= 0.3 is 12.0 Å². The van der Waals surface area contributed by atoms with E-state index < -0.39 is 11.5 Å². The van der Waals surface area contributed by atoms with Crippen LogP contribution in [-0.4, -0.2) is 52.3 Å². The summed E-state index contributed by atoms with van der Waals surface area (Å²) in [7, 11) is 0. The van der Waals surface area contributed by atoms with E-state index in [1.165, 1.54) is 13.8 Å². The van der Waals surface area contributed by atoms with Crippen molar-refractivity contribution in [2.75, 3.05) is 19.7 Å². The first-order valence-corrected chi connectivity index (χ1v) is 5.78. The van der Waals surface area contributed by atoms with Gasteiger partial charge in [-0.2, -0.15) is 0 Å². The summed E-state index contributed by atoms with van der Waals surface area (Å²) in [5, 5.41) is 20.4. The predicted octanol–water partition coefficient (Wildman–Crippen LogP) is 0.263. The lowest BCUT2D eigenvalue weighted by Crippen LogP contribution is -2.55. The maximum Gasteiger partial charge on any atom is 0.328 e. The van der Waals surface area contributed by atoms with Gasteiger partial charge in [0.05, 0.1) is 0 Å². The number of rotatable bonds is 3. The molecule has 0 aromatic heterocycles. The number of amides is 2. The summed E-state index contributed by atoms with van der Waals surface area (Å²) in [6.45, 7) is 4.18. The monoisotopic (exact) mass is 244 g/mol. The van der Waals surface area contributed by atoms with Gasteiger partial charge in [-0.3, -0.25) is 0 Å². The van der Waals surface area contributed by atoms with E-state index >= 15 is 0 Å². The zero-order valence-electron chi connectivity index (χ0n) is 10.3. The molecule has 1 fully saturated rings. The molecule has 6 nitrogen and oxygen atoms in total. The number of likely N-dealkylation sites (tertiary alicyclic amines) is 1. The fourth-order valence-electron chi connectivity index (χ4n) is 1.72. The maximum absolute atomic E-state index is 11.8. The number of carbonyl (C=O) groups excluding carboxylic acids is 1. The number of aliphatic hydroxyl groups excluding tert-OH is 1. The summed E-state index contributed by atoms with van der Waals surface area (Å²) in [4.78, 5) is 24.3. The third-order valence-corrected chi connectivity index (χ3v) is 3.11. The van der Waals surface area contributed by atoms with Gasteiger partial charge in [0, 0.05) is 19.7 Å². The standard InChI is InChI=1S/C11H20N2O4/c1-11(2,9(15)16)12-10(17)13-5-3-8(7-14)4-6-13/h8,14H,3-7H2,1-2H3,(H,12,17)(H,15,16). The van der Waals surface area contributed by atoms with Crippen molar-refractivity contribution < 1.29 is 19.8 Å². The minimum absolute atomic E-state index is 0.149. The van der Waals surface area contributed by atoms with E-state index in [1.54, 1.807) is 4.90 Å². The molecule has 0 saturated carbocycles. The van der Waals surface area contributed by atoms with E-state index in [-0.39, 0.29) is 18.6 Å². The van der Waals surface area contributed by atoms with E-state index in [2.05, 4.69) is 5.32 Å². The summed E-state index contributed by atoms with van der Waals surface area (Å²) in [5.41, 5.74) is -1.26. The number of aliphatic carboxylic acids is 1. The average molecular weight is 244 g/mol. The van der Waals surface area contributed by atoms with Crippen LogP contribution in [0.5, 0.6) is 0 Å². The van der Waals surface area contributed by atoms with Gasteiger partial charge in [-0.15, -0.1) is 0 Å². The number of carboxylic acids is 1. The summed E-state index contributed by atoms with van der Waals surface area (Å²) < 4.78 is 0. The van der Waals surface area contributed by atoms with Crippen molar-refractivity contribution in [1.29, 1.82) is 0 Å². The Hall–Kier alpha value is -1.30. The van der Waals surface area contributed by atoms with E-state index in [0.717, 1.165) is 12.8 Å². The molecule has 0 aromatic rings. The van der Waals surface area contributed by atoms with Crippen LogP contribution in [0.2, 0.25) is 0 Å². The number of nitrogens with zero attached hydrogens (tertiary/aromatic N) is 1. The Balaban J connectivity index is 2.47. The number of hydrogen-bond acceptors (Lipinski definition) is 3. The molecule has 0 atom stereocenters. The van der Waals surface area contributed by atoms with Gasteiger partial charge < -0.3 is 20.4 Å². The number of carboxylic acid groups (broad SMARTS) is 1. The third-order valence-electron chi connectivity index (χ3n) is 3.11. The van der Waals surface area contributed by atoms with Crippen molar-refractivity contribution in [3.8, 4) is 0 Å². The molecule has 0 aromatic carbocycles. The second-order valence-corrected chi connectivity index (χ2v) is 4.97. The predicted molar refractivity (Wildman–Crippen MR) is 61.6 cm³/mol. The minimum Gasteiger partial charge on any atom is -0.480 e. The second kappa shape index (κ2) is 5.35. The lowest BCUT2D eigenvalue weighted by molar-refractivity contribution is -0.143. The average Bonchev–Trinajstić information content (AvgIpc) is 2.28. The Morgan fingerprint density at radius 3 is 2.29 bits per heavy atom. The van der Waals surface area contributed by atoms with Crippen molar-refractivity contribution in [3.05, 3.63) is 0 Å². The number of hydrogen-bond donors (Lipinski definition) is 3. The van der Waals surface area contributed by atoms with Crippen LogP contribution in [0.3, 0.4) is 0 Å². The van der Waals surface area contributed by atoms with Gasteiger partial charge in [0.2, 0.25) is 0 Å². The van der Waals surface area contributed by atoms with Crippen LogP contribution in [-0.2, 0) is 4.79 Å². The number of nitrogens with one attached hydrogen (secondary N) is 1. The molecule has 3 N–H and O–H groups in total. The number of aliphatic hydroxyl groups is 1. The summed E-state index contributed by atoms with van der Waals surface area (Å²) in [5.74, 6) is -0.803. The SMILES string of the molecule is CC(C)(NC(=O)N1CCC(CO)CC1)C(=O)O. The van der Waals surface area contributed by atoms with Crippen LogP contribution in [0.15, 0.2) is 0 Å². The zero-order chi connectivity index (χ0) is 13.1. The molecule has 0 unspecified atom stereocenters. The van der Waals surface area contributed by atoms with Gasteiger partial charge in [-0.1, -0.05) is 0 Å². The molecule has 6 heteroatoms. The Morgan fingerprint density at radius 1 is 1.35 bits per heavy atom. The van der Waals surface area contributed by atoms with Gasteiger partial charge in [-0.25, -0.2) is 9.59 Å². The quantitative estimate of drug-likeness (QED) is 0.664. The van der Waals surface area contributed by atoms with Crippen LogP contribution >= 0.6 is 0 Å². The maximum atomic E-state index is 11.8. The second-order valence-electron chi connectivity index (χ2n) is 4.97. The number of urea groups is 1. The smallest absolute Gasteiger partial charge is 0.328 e. The molecular weight excluding hydrogens is 224 g/mol. The Morgan fingerprint density at radius 2 is 1.88 bits per heavy atom. The lowest BCUT2D eigenvalue weighted by atomic mass is 9.98. The van der Waals surface area contributed by atoms with Crippen LogP contribution in [0.25, 0.3) is 0 Å². The lowest BCUT2D eigenvalue weighted by Gasteiger charge is -2.33. The Kier molecular flexibility index (Phi) is 4.34. The zero-order valence-corrected chi connectivity index (χ0v) is 10.3. The first kappa shape index (κ1) is 13.8. The summed E-state index contributed by atoms with van der Waals surface area (Å²) in [6.07, 6.45) is 1.52. The first-order valence-electron chi connectivity index (χ1n) is 5.78. The third kappa shape index (κ3) is 3.59. The highest BCUT2D eigenvalue weighted by molar-refractivity contribution is 5.85. The Bertz CT molecular complexity index is 296. The van der Waals surface area contributed by atoms with E-state index in [9.17, 15) is 9.59 Å². The van der Waals surface area contributed by atoms with E-state index in [4.69, 9.17) is 10.2 Å². The van der Waals surface area contributed by atoms with Crippen LogP contribution in [0.4, 0.5) is 4.79 Å². The van der Waals surface area contributed by atoms with E-state index in [0.29, 0.717) is 13.1 Å². The van der Waals surface area contributed by atoms with Crippen LogP contribution in [0.1, 0.15) is 26.7 Å². The molecule has 98 valence electrons. The molecule has 1 saturated heterocycles. The molecule has 0 spiro atoms. The molecule has 1 rings (SSSR count). The van der Waals surface area contributed by atoms with Gasteiger partial charge in [0.15, 0.2) is 0 Å². The van der Waals surface area contributed by atoms with E-state index in [1.807, 2.05) is 0 Å². The summed E-state index contributed by atoms with van der Waals surface area (Å²) >= 11 is 0. The molecule has 0 aliphatic carbocycles. The fraction of sp³-hybridized carbons (Fsp3) is 0.818. The van der Waals surface area contributed by atoms with Crippen LogP contribution in [0, 0.1) is 5.92 Å². The van der Waals surface area contributed by atoms with Gasteiger partial charge in [0.1, 0.15) is 5.54 Å². The van der Waals surface area contributed by atoms with Gasteiger partial charge in [0.25, 0.3) is 0 Å². The van der Waals surface area contributed by atoms with Crippen molar-refractivity contribution in [1.82, 2.24) is 10.2 Å². The molecule has 0 bridgehead atoms. The molecule has 2 amide bonds. The van der Waals surface area contributed by atoms with Gasteiger partial charge in [-0.05, 0) is 32.6 Å². The minimum atomic E-state index is -1.26. The normalized spacial score (nSPS) is 17.9. The first-order chi connectivity index (χ1) is 7.86. The fourth-order valence-corrected chi connectivity index (χ4v) is 1.72. The Labute approximate surface area is 101 Å². The van der Waals surface area contributed by atoms with Crippen molar-refractivity contribution in [2.45, 2.75) is 32.2 Å². The molecular formula is C11H20N2O4. The van der Waals surface area contributed by atoms with Crippen molar-refractivity contribution in [2.24, 2.45) is 5.92 Å². The highest BCUT2D eigenvalue weighted by Crippen LogP contribution is 2.16. The number of piperidine rings is 1. The number of carbonyl (C=O) groups is 2.